The van der Waals surface area contributed by atoms with E-state index in [-0.39, 0.29) is 11.4 Å². The van der Waals surface area contributed by atoms with E-state index in [0.717, 1.165) is 25.9 Å². The minimum atomic E-state index is -0.0942. The maximum atomic E-state index is 12.6. The van der Waals surface area contributed by atoms with Crippen molar-refractivity contribution in [3.63, 3.8) is 0 Å². The first-order valence-electron chi connectivity index (χ1n) is 7.64. The maximum Gasteiger partial charge on any atom is 0.267 e. The number of nitrogens with zero attached hydrogens (tertiary/aromatic N) is 2. The summed E-state index contributed by atoms with van der Waals surface area (Å²) in [6.07, 6.45) is 3.42. The van der Waals surface area contributed by atoms with Crippen molar-refractivity contribution in [1.29, 1.82) is 0 Å². The Kier molecular flexibility index (Phi) is 4.76. The fourth-order valence-electron chi connectivity index (χ4n) is 2.59. The van der Waals surface area contributed by atoms with Crippen LogP contribution in [0.15, 0.2) is 0 Å². The van der Waals surface area contributed by atoms with Crippen LogP contribution in [0.1, 0.15) is 56.6 Å². The number of nitrogens with two attached hydrogens (primary N) is 1. The molecule has 3 N–H and O–H groups in total. The molecule has 0 aromatic carbocycles. The van der Waals surface area contributed by atoms with Crippen LogP contribution in [0.25, 0.3) is 0 Å². The van der Waals surface area contributed by atoms with Crippen molar-refractivity contribution in [2.45, 2.75) is 52.5 Å². The van der Waals surface area contributed by atoms with E-state index in [1.54, 1.807) is 0 Å². The molecule has 1 aliphatic heterocycles. The number of piperidine rings is 1. The molecule has 1 fully saturated rings. The van der Waals surface area contributed by atoms with Gasteiger partial charge in [-0.3, -0.25) is 4.79 Å². The summed E-state index contributed by atoms with van der Waals surface area (Å²) >= 11 is 1.36. The Morgan fingerprint density at radius 1 is 1.52 bits per heavy atom. The van der Waals surface area contributed by atoms with Gasteiger partial charge in [0.05, 0.1) is 0 Å². The van der Waals surface area contributed by atoms with Gasteiger partial charge in [0.1, 0.15) is 10.7 Å². The number of likely N-dealkylation sites (tertiary alicyclic amines) is 1. The van der Waals surface area contributed by atoms with Crippen molar-refractivity contribution in [3.8, 4) is 0 Å². The number of carbonyl (C=O) groups is 1. The number of anilines is 2. The molecule has 1 amide bonds. The number of amides is 1. The minimum absolute atomic E-state index is 0.0325. The van der Waals surface area contributed by atoms with Crippen molar-refractivity contribution in [3.05, 3.63) is 4.88 Å². The zero-order chi connectivity index (χ0) is 15.6. The van der Waals surface area contributed by atoms with Crippen molar-refractivity contribution >= 4 is 28.2 Å². The molecule has 1 atom stereocenters. The first-order chi connectivity index (χ1) is 9.80. The smallest absolute Gasteiger partial charge is 0.267 e. The Hall–Kier alpha value is -1.30. The highest BCUT2D eigenvalue weighted by Crippen LogP contribution is 2.30. The summed E-state index contributed by atoms with van der Waals surface area (Å²) in [5, 5.41) is 3.99. The second-order valence-electron chi connectivity index (χ2n) is 6.78. The van der Waals surface area contributed by atoms with E-state index in [9.17, 15) is 4.79 Å². The first-order valence-corrected chi connectivity index (χ1v) is 8.45. The van der Waals surface area contributed by atoms with Gasteiger partial charge < -0.3 is 16.0 Å². The predicted molar refractivity (Wildman–Crippen MR) is 88.8 cm³/mol. The van der Waals surface area contributed by atoms with Gasteiger partial charge in [-0.05, 0) is 39.5 Å². The van der Waals surface area contributed by atoms with Gasteiger partial charge in [0, 0.05) is 18.6 Å². The van der Waals surface area contributed by atoms with E-state index in [0.29, 0.717) is 21.7 Å². The lowest BCUT2D eigenvalue weighted by molar-refractivity contribution is 0.0677. The highest BCUT2D eigenvalue weighted by Gasteiger charge is 2.27. The second kappa shape index (κ2) is 6.22. The zero-order valence-corrected chi connectivity index (χ0v) is 14.2. The number of carbonyl (C=O) groups excluding carboxylic acids is 1. The summed E-state index contributed by atoms with van der Waals surface area (Å²) in [4.78, 5) is 19.4. The SMILES string of the molecule is CCC1CCCN(C(=O)c2sc(NC(C)(C)C)nc2N)C1. The van der Waals surface area contributed by atoms with Crippen molar-refractivity contribution in [2.24, 2.45) is 5.92 Å². The lowest BCUT2D eigenvalue weighted by atomic mass is 9.95. The fourth-order valence-corrected chi connectivity index (χ4v) is 3.65. The molecule has 0 saturated carbocycles. The van der Waals surface area contributed by atoms with Gasteiger partial charge in [0.15, 0.2) is 5.13 Å². The monoisotopic (exact) mass is 310 g/mol. The molecule has 0 bridgehead atoms. The molecule has 5 nitrogen and oxygen atoms in total. The molecule has 118 valence electrons. The topological polar surface area (TPSA) is 71.2 Å². The van der Waals surface area contributed by atoms with Gasteiger partial charge in [-0.1, -0.05) is 24.7 Å². The van der Waals surface area contributed by atoms with Gasteiger partial charge in [-0.2, -0.15) is 0 Å². The molecule has 0 spiro atoms. The fraction of sp³-hybridized carbons (Fsp3) is 0.733. The highest BCUT2D eigenvalue weighted by molar-refractivity contribution is 7.18. The van der Waals surface area contributed by atoms with Gasteiger partial charge >= 0.3 is 0 Å². The van der Waals surface area contributed by atoms with Gasteiger partial charge in [0.25, 0.3) is 5.91 Å². The summed E-state index contributed by atoms with van der Waals surface area (Å²) in [6.45, 7) is 10.0. The number of nitrogens with one attached hydrogen (secondary N) is 1. The van der Waals surface area contributed by atoms with Crippen LogP contribution >= 0.6 is 11.3 Å². The molecule has 6 heteroatoms. The maximum absolute atomic E-state index is 12.6. The van der Waals surface area contributed by atoms with Crippen LogP contribution in [0.3, 0.4) is 0 Å². The number of rotatable bonds is 3. The van der Waals surface area contributed by atoms with E-state index in [2.05, 4.69) is 38.0 Å². The number of hydrogen-bond acceptors (Lipinski definition) is 5. The number of hydrogen-bond donors (Lipinski definition) is 2. The molecule has 0 radical (unpaired) electrons. The second-order valence-corrected chi connectivity index (χ2v) is 7.78. The Bertz CT molecular complexity index is 506. The Labute approximate surface area is 130 Å². The van der Waals surface area contributed by atoms with Crippen LogP contribution in [0.5, 0.6) is 0 Å². The third-order valence-electron chi connectivity index (χ3n) is 3.71. The van der Waals surface area contributed by atoms with Crippen LogP contribution in [0, 0.1) is 5.92 Å². The molecule has 1 unspecified atom stereocenters. The van der Waals surface area contributed by atoms with Crippen LogP contribution in [-0.2, 0) is 0 Å². The van der Waals surface area contributed by atoms with Crippen LogP contribution < -0.4 is 11.1 Å². The van der Waals surface area contributed by atoms with Crippen molar-refractivity contribution in [2.75, 3.05) is 24.1 Å². The normalized spacial score (nSPS) is 19.6. The standard InChI is InChI=1S/C15H26N4OS/c1-5-10-7-6-8-19(9-10)13(20)11-12(16)17-14(21-11)18-15(2,3)4/h10H,5-9,16H2,1-4H3,(H,17,18). The number of thiazole rings is 1. The summed E-state index contributed by atoms with van der Waals surface area (Å²) in [7, 11) is 0. The molecular weight excluding hydrogens is 284 g/mol. The van der Waals surface area contributed by atoms with E-state index < -0.39 is 0 Å². The number of nitrogen functional groups attached to an aromatic ring is 1. The Balaban J connectivity index is 2.12. The van der Waals surface area contributed by atoms with Crippen molar-refractivity contribution < 1.29 is 4.79 Å². The quantitative estimate of drug-likeness (QED) is 0.899. The third kappa shape index (κ3) is 4.09. The van der Waals surface area contributed by atoms with E-state index in [1.165, 1.54) is 17.8 Å². The molecule has 1 aromatic rings. The molecule has 1 saturated heterocycles. The van der Waals surface area contributed by atoms with Gasteiger partial charge in [0.2, 0.25) is 0 Å². The van der Waals surface area contributed by atoms with Crippen LogP contribution in [-0.4, -0.2) is 34.4 Å². The largest absolute Gasteiger partial charge is 0.382 e. The average Bonchev–Trinajstić information content (AvgIpc) is 2.76. The molecule has 0 aliphatic carbocycles. The van der Waals surface area contributed by atoms with Gasteiger partial charge in [-0.15, -0.1) is 0 Å². The summed E-state index contributed by atoms with van der Waals surface area (Å²) in [5.74, 6) is 0.990. The molecule has 1 aliphatic rings. The lowest BCUT2D eigenvalue weighted by Gasteiger charge is -2.32. The first kappa shape index (κ1) is 16.1. The minimum Gasteiger partial charge on any atom is -0.382 e. The molecular formula is C15H26N4OS. The predicted octanol–water partition coefficient (Wildman–Crippen LogP) is 3.20. The Morgan fingerprint density at radius 2 is 2.24 bits per heavy atom. The third-order valence-corrected chi connectivity index (χ3v) is 4.69. The molecule has 21 heavy (non-hydrogen) atoms. The lowest BCUT2D eigenvalue weighted by Crippen LogP contribution is -2.39. The van der Waals surface area contributed by atoms with E-state index in [1.807, 2.05) is 4.90 Å². The van der Waals surface area contributed by atoms with E-state index in [4.69, 9.17) is 5.73 Å². The van der Waals surface area contributed by atoms with E-state index >= 15 is 0 Å². The molecule has 1 aromatic heterocycles. The molecule has 2 rings (SSSR count). The average molecular weight is 310 g/mol. The van der Waals surface area contributed by atoms with Crippen molar-refractivity contribution in [1.82, 2.24) is 9.88 Å². The Morgan fingerprint density at radius 3 is 2.86 bits per heavy atom. The summed E-state index contributed by atoms with van der Waals surface area (Å²) in [6, 6.07) is 0. The molecule has 2 heterocycles. The van der Waals surface area contributed by atoms with Crippen LogP contribution in [0.2, 0.25) is 0 Å². The summed E-state index contributed by atoms with van der Waals surface area (Å²) < 4.78 is 0. The van der Waals surface area contributed by atoms with Crippen LogP contribution in [0.4, 0.5) is 10.9 Å². The number of aromatic nitrogens is 1. The highest BCUT2D eigenvalue weighted by atomic mass is 32.1. The zero-order valence-electron chi connectivity index (χ0n) is 13.4. The summed E-state index contributed by atoms with van der Waals surface area (Å²) in [5.41, 5.74) is 5.85. The van der Waals surface area contributed by atoms with Gasteiger partial charge in [-0.25, -0.2) is 4.98 Å².